The van der Waals surface area contributed by atoms with Gasteiger partial charge in [0, 0.05) is 25.0 Å². The van der Waals surface area contributed by atoms with Crippen molar-refractivity contribution in [2.24, 2.45) is 0 Å². The smallest absolute Gasteiger partial charge is 0.253 e. The van der Waals surface area contributed by atoms with Gasteiger partial charge in [0.2, 0.25) is 0 Å². The summed E-state index contributed by atoms with van der Waals surface area (Å²) in [5, 5.41) is 13.1. The van der Waals surface area contributed by atoms with Crippen molar-refractivity contribution in [1.29, 1.82) is 0 Å². The van der Waals surface area contributed by atoms with Crippen molar-refractivity contribution < 1.29 is 19.4 Å². The van der Waals surface area contributed by atoms with Gasteiger partial charge in [-0.2, -0.15) is 11.3 Å². The number of aliphatic hydroxyl groups is 1. The second-order valence-corrected chi connectivity index (χ2v) is 6.27. The lowest BCUT2D eigenvalue weighted by Gasteiger charge is -2.42. The number of anilines is 1. The number of ether oxygens (including phenoxy) is 2. The van der Waals surface area contributed by atoms with Crippen LogP contribution < -0.4 is 4.90 Å². The first kappa shape index (κ1) is 14.9. The number of morpholine rings is 1. The molecule has 0 saturated carbocycles. The normalized spacial score (nSPS) is 28.0. The van der Waals surface area contributed by atoms with Crippen LogP contribution in [0.4, 0.5) is 5.69 Å². The van der Waals surface area contributed by atoms with Crippen LogP contribution in [-0.4, -0.2) is 74.1 Å². The molecular weight excluding hydrogens is 292 g/mol. The SMILES string of the molecule is O=C1COC2(COCCN(CCO)C2)CN1c1ccsc1. The summed E-state index contributed by atoms with van der Waals surface area (Å²) in [7, 11) is 0. The van der Waals surface area contributed by atoms with Crippen LogP contribution in [0.1, 0.15) is 0 Å². The van der Waals surface area contributed by atoms with Crippen LogP contribution >= 0.6 is 11.3 Å². The van der Waals surface area contributed by atoms with Gasteiger partial charge >= 0.3 is 0 Å². The first-order valence-corrected chi connectivity index (χ1v) is 8.04. The summed E-state index contributed by atoms with van der Waals surface area (Å²) in [6.45, 7) is 3.82. The predicted molar refractivity (Wildman–Crippen MR) is 79.7 cm³/mol. The van der Waals surface area contributed by atoms with Gasteiger partial charge < -0.3 is 19.5 Å². The molecule has 2 fully saturated rings. The molecule has 1 amide bonds. The first-order chi connectivity index (χ1) is 10.2. The fraction of sp³-hybridized carbons (Fsp3) is 0.643. The van der Waals surface area contributed by atoms with Gasteiger partial charge in [0.15, 0.2) is 0 Å². The molecule has 21 heavy (non-hydrogen) atoms. The van der Waals surface area contributed by atoms with Crippen molar-refractivity contribution in [1.82, 2.24) is 4.90 Å². The van der Waals surface area contributed by atoms with Crippen LogP contribution in [0.5, 0.6) is 0 Å². The van der Waals surface area contributed by atoms with E-state index < -0.39 is 5.60 Å². The molecule has 7 heteroatoms. The van der Waals surface area contributed by atoms with Crippen LogP contribution in [0.3, 0.4) is 0 Å². The molecule has 6 nitrogen and oxygen atoms in total. The Balaban J connectivity index is 1.78. The third kappa shape index (κ3) is 3.27. The van der Waals surface area contributed by atoms with Gasteiger partial charge in [-0.05, 0) is 11.4 Å². The molecule has 2 saturated heterocycles. The van der Waals surface area contributed by atoms with E-state index in [-0.39, 0.29) is 19.1 Å². The Bertz CT molecular complexity index is 481. The summed E-state index contributed by atoms with van der Waals surface area (Å²) in [6, 6.07) is 1.95. The molecule has 1 unspecified atom stereocenters. The summed E-state index contributed by atoms with van der Waals surface area (Å²) < 4.78 is 11.5. The molecule has 1 aromatic heterocycles. The van der Waals surface area contributed by atoms with Gasteiger partial charge in [-0.1, -0.05) is 0 Å². The lowest BCUT2D eigenvalue weighted by Crippen LogP contribution is -2.61. The number of thiophene rings is 1. The standard InChI is InChI=1S/C14H20N2O4S/c17-4-2-15-3-5-19-11-14(9-15)10-16(13(18)7-20-14)12-1-6-21-8-12/h1,6,8,17H,2-5,7,9-11H2. The highest BCUT2D eigenvalue weighted by molar-refractivity contribution is 7.08. The van der Waals surface area contributed by atoms with E-state index in [2.05, 4.69) is 4.90 Å². The van der Waals surface area contributed by atoms with E-state index in [0.717, 1.165) is 12.2 Å². The van der Waals surface area contributed by atoms with E-state index in [1.807, 2.05) is 16.8 Å². The van der Waals surface area contributed by atoms with Crippen molar-refractivity contribution in [2.75, 3.05) is 57.5 Å². The Hall–Kier alpha value is -0.990. The van der Waals surface area contributed by atoms with E-state index in [0.29, 0.717) is 32.8 Å². The Labute approximate surface area is 127 Å². The molecule has 1 spiro atoms. The molecule has 0 bridgehead atoms. The van der Waals surface area contributed by atoms with E-state index in [1.54, 1.807) is 16.2 Å². The zero-order chi connectivity index (χ0) is 14.7. The molecule has 2 aliphatic heterocycles. The van der Waals surface area contributed by atoms with E-state index >= 15 is 0 Å². The van der Waals surface area contributed by atoms with Crippen molar-refractivity contribution in [3.63, 3.8) is 0 Å². The third-order valence-corrected chi connectivity index (χ3v) is 4.58. The van der Waals surface area contributed by atoms with E-state index in [4.69, 9.17) is 14.6 Å². The summed E-state index contributed by atoms with van der Waals surface area (Å²) >= 11 is 1.57. The predicted octanol–water partition coefficient (Wildman–Crippen LogP) is 0.175. The lowest BCUT2D eigenvalue weighted by atomic mass is 10.0. The van der Waals surface area contributed by atoms with Crippen molar-refractivity contribution in [3.05, 3.63) is 16.8 Å². The molecule has 1 atom stereocenters. The number of aliphatic hydroxyl groups excluding tert-OH is 1. The van der Waals surface area contributed by atoms with Crippen LogP contribution in [0.2, 0.25) is 0 Å². The summed E-state index contributed by atoms with van der Waals surface area (Å²) in [5.74, 6) is -0.0167. The number of rotatable bonds is 3. The Morgan fingerprint density at radius 1 is 1.43 bits per heavy atom. The zero-order valence-electron chi connectivity index (χ0n) is 11.9. The summed E-state index contributed by atoms with van der Waals surface area (Å²) in [5.41, 5.74) is 0.409. The molecular formula is C14H20N2O4S. The average Bonchev–Trinajstić information content (AvgIpc) is 2.94. The molecule has 1 N–H and O–H groups in total. The van der Waals surface area contributed by atoms with Gasteiger partial charge in [0.25, 0.3) is 5.91 Å². The van der Waals surface area contributed by atoms with Gasteiger partial charge in [0.1, 0.15) is 12.2 Å². The molecule has 0 aromatic carbocycles. The van der Waals surface area contributed by atoms with Gasteiger partial charge in [-0.25, -0.2) is 0 Å². The minimum Gasteiger partial charge on any atom is -0.395 e. The maximum Gasteiger partial charge on any atom is 0.253 e. The van der Waals surface area contributed by atoms with Crippen LogP contribution in [0, 0.1) is 0 Å². The van der Waals surface area contributed by atoms with Crippen molar-refractivity contribution >= 4 is 22.9 Å². The van der Waals surface area contributed by atoms with Crippen molar-refractivity contribution in [3.8, 4) is 0 Å². The Kier molecular flexibility index (Phi) is 4.56. The highest BCUT2D eigenvalue weighted by Crippen LogP contribution is 2.28. The maximum absolute atomic E-state index is 12.1. The number of hydrogen-bond acceptors (Lipinski definition) is 6. The summed E-state index contributed by atoms with van der Waals surface area (Å²) in [6.07, 6.45) is 0. The third-order valence-electron chi connectivity index (χ3n) is 3.91. The van der Waals surface area contributed by atoms with Crippen molar-refractivity contribution in [2.45, 2.75) is 5.60 Å². The molecule has 0 aliphatic carbocycles. The van der Waals surface area contributed by atoms with E-state index in [1.165, 1.54) is 0 Å². The number of carbonyl (C=O) groups is 1. The number of nitrogens with zero attached hydrogens (tertiary/aromatic N) is 2. The fourth-order valence-corrected chi connectivity index (χ4v) is 3.50. The molecule has 116 valence electrons. The average molecular weight is 312 g/mol. The van der Waals surface area contributed by atoms with Crippen LogP contribution in [0.15, 0.2) is 16.8 Å². The molecule has 2 aliphatic rings. The number of carbonyl (C=O) groups excluding carboxylic acids is 1. The summed E-state index contributed by atoms with van der Waals surface area (Å²) in [4.78, 5) is 16.0. The van der Waals surface area contributed by atoms with Gasteiger partial charge in [-0.15, -0.1) is 0 Å². The molecule has 3 heterocycles. The number of amides is 1. The quantitative estimate of drug-likeness (QED) is 0.862. The number of hydrogen-bond donors (Lipinski definition) is 1. The van der Waals surface area contributed by atoms with Crippen LogP contribution in [-0.2, 0) is 14.3 Å². The lowest BCUT2D eigenvalue weighted by molar-refractivity contribution is -0.146. The van der Waals surface area contributed by atoms with E-state index in [9.17, 15) is 4.79 Å². The monoisotopic (exact) mass is 312 g/mol. The fourth-order valence-electron chi connectivity index (χ4n) is 2.86. The topological polar surface area (TPSA) is 62.2 Å². The molecule has 0 radical (unpaired) electrons. The molecule has 3 rings (SSSR count). The minimum absolute atomic E-state index is 0.0167. The zero-order valence-corrected chi connectivity index (χ0v) is 12.7. The Morgan fingerprint density at radius 2 is 2.33 bits per heavy atom. The highest BCUT2D eigenvalue weighted by Gasteiger charge is 2.43. The molecule has 1 aromatic rings. The first-order valence-electron chi connectivity index (χ1n) is 7.10. The Morgan fingerprint density at radius 3 is 3.10 bits per heavy atom. The maximum atomic E-state index is 12.1. The largest absolute Gasteiger partial charge is 0.395 e. The second kappa shape index (κ2) is 6.41. The van der Waals surface area contributed by atoms with Crippen LogP contribution in [0.25, 0.3) is 0 Å². The minimum atomic E-state index is -0.512. The second-order valence-electron chi connectivity index (χ2n) is 5.49. The van der Waals surface area contributed by atoms with Gasteiger partial charge in [-0.3, -0.25) is 9.69 Å². The number of β-amino-alcohol motifs (C(OH)–C–C–N with tert-alkyl or cyclic N) is 1. The highest BCUT2D eigenvalue weighted by atomic mass is 32.1. The van der Waals surface area contributed by atoms with Gasteiger partial charge in [0.05, 0.1) is 32.1 Å².